The lowest BCUT2D eigenvalue weighted by Crippen LogP contribution is -2.46. The highest BCUT2D eigenvalue weighted by Gasteiger charge is 2.54. The lowest BCUT2D eigenvalue weighted by molar-refractivity contribution is -0.159. The fraction of sp³-hybridized carbons (Fsp3) is 0.567. The van der Waals surface area contributed by atoms with Gasteiger partial charge in [0.1, 0.15) is 6.10 Å². The van der Waals surface area contributed by atoms with Crippen LogP contribution in [-0.2, 0) is 14.3 Å². The first-order valence-corrected chi connectivity index (χ1v) is 13.7. The van der Waals surface area contributed by atoms with Gasteiger partial charge in [-0.15, -0.1) is 0 Å². The molecule has 5 nitrogen and oxygen atoms in total. The van der Waals surface area contributed by atoms with Crippen LogP contribution in [0.5, 0.6) is 0 Å². The molecule has 0 radical (unpaired) electrons. The van der Waals surface area contributed by atoms with E-state index in [-0.39, 0.29) is 54.0 Å². The maximum Gasteiger partial charge on any atom is 0.395 e. The fourth-order valence-corrected chi connectivity index (χ4v) is 7.19. The first kappa shape index (κ1) is 26.7. The number of halogens is 3. The van der Waals surface area contributed by atoms with Crippen LogP contribution in [0.4, 0.5) is 13.2 Å². The summed E-state index contributed by atoms with van der Waals surface area (Å²) in [5.41, 5.74) is 2.03. The standard InChI is InChI=1S/C30H35F3N2O3/c1-3-34-28(36)19-8-11-24-21(13-19)15-26-27(17(2)38-29(26)37)25(24)12-10-23-9-7-20(16-35-23)18-5-4-6-22(14-18)30(31,32)33/h4-7,9-10,12,16-17,19,21-22,24-27H,3,8,11,13-15H2,1-2H3,(H,34,36)/b12-10+/t17-,19-,21+,22?,24-,25+,26-,27?/m1/s1. The van der Waals surface area contributed by atoms with Crippen molar-refractivity contribution in [3.05, 3.63) is 53.9 Å². The third-order valence-corrected chi connectivity index (χ3v) is 9.02. The number of cyclic esters (lactones) is 1. The van der Waals surface area contributed by atoms with Crippen LogP contribution in [0.2, 0.25) is 0 Å². The van der Waals surface area contributed by atoms with Crippen LogP contribution in [0.3, 0.4) is 0 Å². The molecule has 8 atom stereocenters. The second-order valence-corrected chi connectivity index (χ2v) is 11.2. The van der Waals surface area contributed by atoms with Gasteiger partial charge in [0.15, 0.2) is 0 Å². The molecule has 0 aromatic carbocycles. The molecule has 1 aromatic heterocycles. The average Bonchev–Trinajstić information content (AvgIpc) is 3.19. The molecular weight excluding hydrogens is 493 g/mol. The summed E-state index contributed by atoms with van der Waals surface area (Å²) in [5.74, 6) is -0.781. The van der Waals surface area contributed by atoms with Crippen molar-refractivity contribution in [3.8, 4) is 0 Å². The summed E-state index contributed by atoms with van der Waals surface area (Å²) in [6.07, 6.45) is 8.96. The molecule has 204 valence electrons. The minimum Gasteiger partial charge on any atom is -0.462 e. The number of amides is 1. The zero-order valence-electron chi connectivity index (χ0n) is 21.8. The van der Waals surface area contributed by atoms with Gasteiger partial charge in [-0.2, -0.15) is 13.2 Å². The smallest absolute Gasteiger partial charge is 0.395 e. The van der Waals surface area contributed by atoms with E-state index in [2.05, 4.69) is 16.4 Å². The monoisotopic (exact) mass is 528 g/mol. The van der Waals surface area contributed by atoms with Crippen LogP contribution < -0.4 is 5.32 Å². The minimum atomic E-state index is -4.26. The molecule has 3 fully saturated rings. The lowest BCUT2D eigenvalue weighted by atomic mass is 9.56. The van der Waals surface area contributed by atoms with Crippen molar-refractivity contribution in [2.75, 3.05) is 6.54 Å². The molecule has 1 aliphatic heterocycles. The number of pyridine rings is 1. The Labute approximate surface area is 221 Å². The van der Waals surface area contributed by atoms with Crippen molar-refractivity contribution in [3.63, 3.8) is 0 Å². The predicted octanol–water partition coefficient (Wildman–Crippen LogP) is 5.98. The zero-order valence-corrected chi connectivity index (χ0v) is 21.8. The van der Waals surface area contributed by atoms with E-state index < -0.39 is 12.1 Å². The van der Waals surface area contributed by atoms with Crippen molar-refractivity contribution < 1.29 is 27.5 Å². The maximum absolute atomic E-state index is 13.2. The van der Waals surface area contributed by atoms with Crippen molar-refractivity contribution in [1.29, 1.82) is 0 Å². The Balaban J connectivity index is 1.33. The molecule has 2 heterocycles. The van der Waals surface area contributed by atoms with Gasteiger partial charge in [0.25, 0.3) is 0 Å². The summed E-state index contributed by atoms with van der Waals surface area (Å²) in [7, 11) is 0. The molecule has 38 heavy (non-hydrogen) atoms. The highest BCUT2D eigenvalue weighted by molar-refractivity contribution is 5.79. The summed E-state index contributed by atoms with van der Waals surface area (Å²) in [4.78, 5) is 29.7. The number of aromatic nitrogens is 1. The summed E-state index contributed by atoms with van der Waals surface area (Å²) in [6, 6.07) is 3.65. The minimum absolute atomic E-state index is 0.0117. The highest BCUT2D eigenvalue weighted by Crippen LogP contribution is 2.54. The Hall–Kier alpha value is -2.90. The predicted molar refractivity (Wildman–Crippen MR) is 138 cm³/mol. The summed E-state index contributed by atoms with van der Waals surface area (Å²) in [6.45, 7) is 4.51. The number of hydrogen-bond donors (Lipinski definition) is 1. The largest absolute Gasteiger partial charge is 0.462 e. The quantitative estimate of drug-likeness (QED) is 0.477. The second kappa shape index (κ2) is 10.7. The Bertz CT molecular complexity index is 1140. The number of ether oxygens (including phenoxy) is 1. The molecule has 4 aliphatic rings. The van der Waals surface area contributed by atoms with Crippen molar-refractivity contribution in [1.82, 2.24) is 10.3 Å². The second-order valence-electron chi connectivity index (χ2n) is 11.2. The van der Waals surface area contributed by atoms with Gasteiger partial charge in [-0.1, -0.05) is 30.4 Å². The topological polar surface area (TPSA) is 68.3 Å². The highest BCUT2D eigenvalue weighted by atomic mass is 19.4. The molecule has 8 heteroatoms. The van der Waals surface area contributed by atoms with Crippen molar-refractivity contribution in [2.45, 2.75) is 58.2 Å². The molecule has 0 bridgehead atoms. The number of esters is 1. The van der Waals surface area contributed by atoms with Crippen molar-refractivity contribution in [2.24, 2.45) is 41.4 Å². The van der Waals surface area contributed by atoms with E-state index in [1.807, 2.05) is 32.1 Å². The Morgan fingerprint density at radius 2 is 2.05 bits per heavy atom. The fourth-order valence-electron chi connectivity index (χ4n) is 7.19. The molecular formula is C30H35F3N2O3. The molecule has 1 saturated heterocycles. The van der Waals surface area contributed by atoms with Crippen LogP contribution >= 0.6 is 0 Å². The molecule has 1 amide bonds. The Morgan fingerprint density at radius 3 is 2.76 bits per heavy atom. The molecule has 2 saturated carbocycles. The van der Waals surface area contributed by atoms with Gasteiger partial charge in [0.2, 0.25) is 5.91 Å². The van der Waals surface area contributed by atoms with Crippen molar-refractivity contribution >= 4 is 23.5 Å². The Morgan fingerprint density at radius 1 is 1.24 bits per heavy atom. The Kier molecular flexibility index (Phi) is 7.51. The third-order valence-electron chi connectivity index (χ3n) is 9.02. The SMILES string of the molecule is CCNC(=O)[C@@H]1CC[C@@H]2[C@@H](C1)C[C@H]1C(=O)O[C@H](C)C1[C@H]2/C=C/c1ccc(C2=CC=CC(C(F)(F)F)C2)cn1. The molecule has 3 aliphatic carbocycles. The number of hydrogen-bond acceptors (Lipinski definition) is 4. The van der Waals surface area contributed by atoms with Gasteiger partial charge < -0.3 is 10.1 Å². The number of allylic oxidation sites excluding steroid dienone is 5. The summed E-state index contributed by atoms with van der Waals surface area (Å²) < 4.78 is 45.2. The number of nitrogens with zero attached hydrogens (tertiary/aromatic N) is 1. The van der Waals surface area contributed by atoms with Crippen LogP contribution in [0, 0.1) is 41.4 Å². The van der Waals surface area contributed by atoms with Gasteiger partial charge >= 0.3 is 12.1 Å². The number of nitrogens with one attached hydrogen (secondary N) is 1. The van der Waals surface area contributed by atoms with Gasteiger partial charge in [-0.05, 0) is 87.0 Å². The number of carbonyl (C=O) groups is 2. The first-order chi connectivity index (χ1) is 18.2. The summed E-state index contributed by atoms with van der Waals surface area (Å²) >= 11 is 0. The van der Waals surface area contributed by atoms with Crippen LogP contribution in [-0.4, -0.2) is 35.7 Å². The van der Waals surface area contributed by atoms with E-state index in [9.17, 15) is 22.8 Å². The van der Waals surface area contributed by atoms with Crippen LogP contribution in [0.15, 0.2) is 42.6 Å². The molecule has 1 N–H and O–H groups in total. The van der Waals surface area contributed by atoms with E-state index in [4.69, 9.17) is 4.74 Å². The van der Waals surface area contributed by atoms with Crippen LogP contribution in [0.1, 0.15) is 57.2 Å². The molecule has 1 aromatic rings. The molecule has 0 spiro atoms. The zero-order chi connectivity index (χ0) is 27.0. The maximum atomic E-state index is 13.2. The van der Waals surface area contributed by atoms with Gasteiger partial charge in [0.05, 0.1) is 17.5 Å². The number of alkyl halides is 3. The average molecular weight is 529 g/mol. The summed E-state index contributed by atoms with van der Waals surface area (Å²) in [5, 5.41) is 2.95. The van der Waals surface area contributed by atoms with Crippen LogP contribution in [0.25, 0.3) is 11.6 Å². The number of rotatable bonds is 5. The third kappa shape index (κ3) is 5.32. The van der Waals surface area contributed by atoms with Gasteiger partial charge in [-0.25, -0.2) is 0 Å². The van der Waals surface area contributed by atoms with Gasteiger partial charge in [-0.3, -0.25) is 14.6 Å². The van der Waals surface area contributed by atoms with E-state index in [1.165, 1.54) is 12.2 Å². The van der Waals surface area contributed by atoms with E-state index in [0.717, 1.165) is 31.4 Å². The van der Waals surface area contributed by atoms with E-state index in [0.29, 0.717) is 23.6 Å². The van der Waals surface area contributed by atoms with E-state index >= 15 is 0 Å². The number of carbonyl (C=O) groups excluding carboxylic acids is 2. The molecule has 2 unspecified atom stereocenters. The first-order valence-electron chi connectivity index (χ1n) is 13.7. The number of fused-ring (bicyclic) bond motifs is 2. The van der Waals surface area contributed by atoms with E-state index in [1.54, 1.807) is 12.3 Å². The molecule has 5 rings (SSSR count). The lowest BCUT2D eigenvalue weighted by Gasteiger charge is -2.47. The normalized spacial score (nSPS) is 34.9. The van der Waals surface area contributed by atoms with Gasteiger partial charge in [0, 0.05) is 24.6 Å².